The molecule has 0 saturated heterocycles. The predicted molar refractivity (Wildman–Crippen MR) is 45.3 cm³/mol. The maximum Gasteiger partial charge on any atom is 0.250 e. The van der Waals surface area contributed by atoms with Gasteiger partial charge >= 0.3 is 0 Å². The van der Waals surface area contributed by atoms with Gasteiger partial charge in [0.15, 0.2) is 0 Å². The van der Waals surface area contributed by atoms with Gasteiger partial charge in [-0.05, 0) is 13.8 Å². The number of allylic oxidation sites excluding steroid dienone is 1. The Morgan fingerprint density at radius 1 is 1.58 bits per heavy atom. The van der Waals surface area contributed by atoms with Crippen LogP contribution >= 0.6 is 0 Å². The Hall–Kier alpha value is -1.65. The SMILES string of the molecule is C/C=C(C(N)=O)\C(C)=N/NC=O. The Bertz CT molecular complexity index is 243. The van der Waals surface area contributed by atoms with Gasteiger partial charge < -0.3 is 5.73 Å². The molecular weight excluding hydrogens is 158 g/mol. The van der Waals surface area contributed by atoms with Crippen LogP contribution in [0.2, 0.25) is 0 Å². The normalized spacial score (nSPS) is 12.5. The zero-order valence-electron chi connectivity index (χ0n) is 7.00. The third-order valence-electron chi connectivity index (χ3n) is 1.23. The minimum Gasteiger partial charge on any atom is -0.366 e. The maximum absolute atomic E-state index is 10.7. The molecule has 12 heavy (non-hydrogen) atoms. The summed E-state index contributed by atoms with van der Waals surface area (Å²) in [7, 11) is 0. The van der Waals surface area contributed by atoms with Crippen LogP contribution in [0.5, 0.6) is 0 Å². The lowest BCUT2D eigenvalue weighted by Crippen LogP contribution is -2.20. The summed E-state index contributed by atoms with van der Waals surface area (Å²) in [4.78, 5) is 20.5. The second kappa shape index (κ2) is 5.06. The number of rotatable bonds is 4. The largest absolute Gasteiger partial charge is 0.366 e. The van der Waals surface area contributed by atoms with Crippen LogP contribution in [0.15, 0.2) is 16.8 Å². The van der Waals surface area contributed by atoms with E-state index < -0.39 is 5.91 Å². The first-order valence-electron chi connectivity index (χ1n) is 3.33. The van der Waals surface area contributed by atoms with Gasteiger partial charge in [0.05, 0.1) is 11.3 Å². The molecule has 3 N–H and O–H groups in total. The summed E-state index contributed by atoms with van der Waals surface area (Å²) in [6, 6.07) is 0. The first-order valence-corrected chi connectivity index (χ1v) is 3.33. The fourth-order valence-corrected chi connectivity index (χ4v) is 0.713. The Kier molecular flexibility index (Phi) is 4.36. The minimum atomic E-state index is -0.563. The van der Waals surface area contributed by atoms with Gasteiger partial charge in [-0.2, -0.15) is 5.10 Å². The molecule has 0 radical (unpaired) electrons. The molecule has 0 aliphatic carbocycles. The molecule has 66 valence electrons. The fraction of sp³-hybridized carbons (Fsp3) is 0.286. The summed E-state index contributed by atoms with van der Waals surface area (Å²) >= 11 is 0. The molecule has 0 bridgehead atoms. The molecule has 0 aliphatic rings. The smallest absolute Gasteiger partial charge is 0.250 e. The molecule has 5 nitrogen and oxygen atoms in total. The van der Waals surface area contributed by atoms with Crippen molar-refractivity contribution in [2.45, 2.75) is 13.8 Å². The van der Waals surface area contributed by atoms with E-state index in [0.29, 0.717) is 17.7 Å². The van der Waals surface area contributed by atoms with Crippen LogP contribution in [0.1, 0.15) is 13.8 Å². The minimum absolute atomic E-state index is 0.296. The molecule has 5 heteroatoms. The van der Waals surface area contributed by atoms with Gasteiger partial charge in [-0.3, -0.25) is 9.59 Å². The van der Waals surface area contributed by atoms with Crippen molar-refractivity contribution in [2.75, 3.05) is 0 Å². The highest BCUT2D eigenvalue weighted by atomic mass is 16.1. The van der Waals surface area contributed by atoms with E-state index in [9.17, 15) is 9.59 Å². The first kappa shape index (κ1) is 10.3. The highest BCUT2D eigenvalue weighted by Gasteiger charge is 2.06. The Morgan fingerprint density at radius 2 is 2.17 bits per heavy atom. The van der Waals surface area contributed by atoms with Crippen molar-refractivity contribution >= 4 is 18.0 Å². The predicted octanol–water partition coefficient (Wildman–Crippen LogP) is -0.460. The van der Waals surface area contributed by atoms with Crippen molar-refractivity contribution in [3.63, 3.8) is 0 Å². The number of carbonyl (C=O) groups is 2. The molecule has 0 atom stereocenters. The van der Waals surface area contributed by atoms with E-state index in [1.807, 2.05) is 0 Å². The van der Waals surface area contributed by atoms with Gasteiger partial charge in [-0.25, -0.2) is 5.43 Å². The summed E-state index contributed by atoms with van der Waals surface area (Å²) < 4.78 is 0. The number of nitrogens with one attached hydrogen (secondary N) is 1. The first-order chi connectivity index (χ1) is 5.63. The highest BCUT2D eigenvalue weighted by molar-refractivity contribution is 6.20. The van der Waals surface area contributed by atoms with Crippen molar-refractivity contribution in [3.8, 4) is 0 Å². The molecule has 0 rings (SSSR count). The van der Waals surface area contributed by atoms with E-state index in [4.69, 9.17) is 5.73 Å². The third-order valence-corrected chi connectivity index (χ3v) is 1.23. The monoisotopic (exact) mass is 169 g/mol. The van der Waals surface area contributed by atoms with Gasteiger partial charge in [0, 0.05) is 0 Å². The zero-order valence-corrected chi connectivity index (χ0v) is 7.00. The summed E-state index contributed by atoms with van der Waals surface area (Å²) in [6.07, 6.45) is 1.95. The maximum atomic E-state index is 10.7. The lowest BCUT2D eigenvalue weighted by atomic mass is 10.1. The van der Waals surface area contributed by atoms with Crippen LogP contribution in [-0.2, 0) is 9.59 Å². The molecule has 0 spiro atoms. The van der Waals surface area contributed by atoms with E-state index in [0.717, 1.165) is 0 Å². The van der Waals surface area contributed by atoms with Gasteiger partial charge in [0.1, 0.15) is 0 Å². The van der Waals surface area contributed by atoms with Crippen molar-refractivity contribution < 1.29 is 9.59 Å². The topological polar surface area (TPSA) is 84.6 Å². The molecule has 0 aliphatic heterocycles. The average Bonchev–Trinajstić information content (AvgIpc) is 2.01. The number of hydrogen-bond acceptors (Lipinski definition) is 3. The summed E-state index contributed by atoms with van der Waals surface area (Å²) in [5.74, 6) is -0.563. The van der Waals surface area contributed by atoms with Gasteiger partial charge in [0.2, 0.25) is 12.3 Å². The molecule has 0 unspecified atom stereocenters. The van der Waals surface area contributed by atoms with Gasteiger partial charge in [-0.15, -0.1) is 0 Å². The summed E-state index contributed by atoms with van der Waals surface area (Å²) in [5, 5.41) is 3.56. The summed E-state index contributed by atoms with van der Waals surface area (Å²) in [5.41, 5.74) is 7.77. The molecule has 0 aromatic carbocycles. The van der Waals surface area contributed by atoms with Crippen LogP contribution in [-0.4, -0.2) is 18.0 Å². The number of amides is 2. The van der Waals surface area contributed by atoms with Crippen LogP contribution in [0.3, 0.4) is 0 Å². The second-order valence-corrected chi connectivity index (χ2v) is 2.01. The van der Waals surface area contributed by atoms with E-state index >= 15 is 0 Å². The molecule has 2 amide bonds. The number of hydrogen-bond donors (Lipinski definition) is 2. The summed E-state index contributed by atoms with van der Waals surface area (Å²) in [6.45, 7) is 3.25. The second-order valence-electron chi connectivity index (χ2n) is 2.01. The number of nitrogens with zero attached hydrogens (tertiary/aromatic N) is 1. The van der Waals surface area contributed by atoms with Crippen molar-refractivity contribution in [2.24, 2.45) is 10.8 Å². The zero-order chi connectivity index (χ0) is 9.56. The van der Waals surface area contributed by atoms with E-state index in [2.05, 4.69) is 10.5 Å². The fourth-order valence-electron chi connectivity index (χ4n) is 0.713. The Balaban J connectivity index is 4.53. The van der Waals surface area contributed by atoms with Crippen LogP contribution < -0.4 is 11.2 Å². The molecule has 0 aromatic rings. The molecule has 0 fully saturated rings. The van der Waals surface area contributed by atoms with Crippen molar-refractivity contribution in [1.82, 2.24) is 5.43 Å². The van der Waals surface area contributed by atoms with Crippen molar-refractivity contribution in [1.29, 1.82) is 0 Å². The molecule has 0 heterocycles. The average molecular weight is 169 g/mol. The highest BCUT2D eigenvalue weighted by Crippen LogP contribution is 1.95. The standard InChI is InChI=1S/C7H11N3O2/c1-3-6(7(8)12)5(2)10-9-4-11/h3-4H,1-2H3,(H2,8,12)(H,9,11)/b6-3+,10-5-. The van der Waals surface area contributed by atoms with Crippen molar-refractivity contribution in [3.05, 3.63) is 11.6 Å². The molecule has 0 aromatic heterocycles. The quantitative estimate of drug-likeness (QED) is 0.258. The number of hydrazone groups is 1. The lowest BCUT2D eigenvalue weighted by Gasteiger charge is -1.99. The van der Waals surface area contributed by atoms with Crippen LogP contribution in [0.25, 0.3) is 0 Å². The third kappa shape index (κ3) is 2.96. The molecular formula is C7H11N3O2. The van der Waals surface area contributed by atoms with E-state index in [-0.39, 0.29) is 0 Å². The number of carbonyl (C=O) groups excluding carboxylic acids is 2. The molecule has 0 saturated carbocycles. The van der Waals surface area contributed by atoms with E-state index in [1.165, 1.54) is 6.08 Å². The lowest BCUT2D eigenvalue weighted by molar-refractivity contribution is -0.114. The Morgan fingerprint density at radius 3 is 2.50 bits per heavy atom. The van der Waals surface area contributed by atoms with E-state index in [1.54, 1.807) is 13.8 Å². The number of primary amides is 1. The Labute approximate surface area is 70.3 Å². The van der Waals surface area contributed by atoms with Crippen LogP contribution in [0.4, 0.5) is 0 Å². The van der Waals surface area contributed by atoms with Gasteiger partial charge in [-0.1, -0.05) is 6.08 Å². The number of nitrogens with two attached hydrogens (primary N) is 1. The van der Waals surface area contributed by atoms with Gasteiger partial charge in [0.25, 0.3) is 0 Å². The van der Waals surface area contributed by atoms with Crippen LogP contribution in [0, 0.1) is 0 Å².